The highest BCUT2D eigenvalue weighted by Gasteiger charge is 2.69. The van der Waals surface area contributed by atoms with Gasteiger partial charge >= 0.3 is 11.9 Å². The summed E-state index contributed by atoms with van der Waals surface area (Å²) in [5, 5.41) is 11.7. The average Bonchev–Trinajstić information content (AvgIpc) is 2.94. The first-order chi connectivity index (χ1) is 11.7. The molecule has 3 aliphatic rings. The van der Waals surface area contributed by atoms with Crippen LogP contribution in [0.25, 0.3) is 0 Å². The van der Waals surface area contributed by atoms with Gasteiger partial charge in [0, 0.05) is 5.57 Å². The molecule has 6 atom stereocenters. The number of esters is 2. The highest BCUT2D eigenvalue weighted by atomic mass is 16.6. The van der Waals surface area contributed by atoms with Crippen molar-refractivity contribution in [1.82, 2.24) is 0 Å². The quantitative estimate of drug-likeness (QED) is 0.473. The van der Waals surface area contributed by atoms with Crippen LogP contribution < -0.4 is 0 Å². The Morgan fingerprint density at radius 1 is 1.52 bits per heavy atom. The fourth-order valence-electron chi connectivity index (χ4n) is 4.51. The second kappa shape index (κ2) is 6.13. The van der Waals surface area contributed by atoms with Gasteiger partial charge in [0.1, 0.15) is 17.8 Å². The van der Waals surface area contributed by atoms with Crippen LogP contribution in [0.2, 0.25) is 0 Å². The van der Waals surface area contributed by atoms with Gasteiger partial charge in [-0.15, -0.1) is 0 Å². The fraction of sp³-hybridized carbons (Fsp3) is 0.600. The number of ether oxygens (including phenoxy) is 2. The van der Waals surface area contributed by atoms with Gasteiger partial charge < -0.3 is 14.6 Å². The second-order valence-electron chi connectivity index (χ2n) is 7.45. The van der Waals surface area contributed by atoms with E-state index in [0.717, 1.165) is 17.6 Å². The molecule has 5 nitrogen and oxygen atoms in total. The number of allylic oxidation sites excluding steroid dienone is 2. The summed E-state index contributed by atoms with van der Waals surface area (Å²) in [5.41, 5.74) is 0.677. The van der Waals surface area contributed by atoms with Crippen LogP contribution in [0.3, 0.4) is 0 Å². The van der Waals surface area contributed by atoms with Crippen molar-refractivity contribution >= 4 is 11.9 Å². The largest absolute Gasteiger partial charge is 0.461 e. The van der Waals surface area contributed by atoms with Crippen molar-refractivity contribution in [2.75, 3.05) is 0 Å². The van der Waals surface area contributed by atoms with Crippen LogP contribution in [0.5, 0.6) is 0 Å². The van der Waals surface area contributed by atoms with E-state index in [-0.39, 0.29) is 11.9 Å². The Hall–Kier alpha value is -1.88. The first kappa shape index (κ1) is 17.9. The van der Waals surface area contributed by atoms with Crippen molar-refractivity contribution in [2.45, 2.75) is 58.3 Å². The minimum atomic E-state index is -1.39. The Morgan fingerprint density at radius 2 is 2.20 bits per heavy atom. The van der Waals surface area contributed by atoms with Gasteiger partial charge in [-0.3, -0.25) is 4.79 Å². The second-order valence-corrected chi connectivity index (χ2v) is 7.45. The topological polar surface area (TPSA) is 72.8 Å². The Labute approximate surface area is 148 Å². The molecule has 1 saturated carbocycles. The molecule has 0 aromatic heterocycles. The summed E-state index contributed by atoms with van der Waals surface area (Å²) < 4.78 is 11.4. The number of carbonyl (C=O) groups is 2. The molecule has 25 heavy (non-hydrogen) atoms. The average molecular weight is 346 g/mol. The van der Waals surface area contributed by atoms with E-state index in [1.165, 1.54) is 0 Å². The summed E-state index contributed by atoms with van der Waals surface area (Å²) in [7, 11) is 0. The van der Waals surface area contributed by atoms with E-state index in [9.17, 15) is 14.7 Å². The maximum absolute atomic E-state index is 12.4. The van der Waals surface area contributed by atoms with Gasteiger partial charge in [0.25, 0.3) is 0 Å². The maximum atomic E-state index is 12.4. The molecule has 5 heteroatoms. The molecule has 0 spiro atoms. The third-order valence-corrected chi connectivity index (χ3v) is 6.14. The minimum absolute atomic E-state index is 0.306. The lowest BCUT2D eigenvalue weighted by atomic mass is 9.79. The Balaban J connectivity index is 2.09. The molecular formula is C20H26O5. The molecule has 1 aliphatic heterocycles. The first-order valence-corrected chi connectivity index (χ1v) is 8.85. The van der Waals surface area contributed by atoms with Gasteiger partial charge in [-0.2, -0.15) is 0 Å². The van der Waals surface area contributed by atoms with Crippen molar-refractivity contribution in [2.24, 2.45) is 17.8 Å². The molecule has 0 aromatic rings. The highest BCUT2D eigenvalue weighted by molar-refractivity contribution is 5.88. The summed E-state index contributed by atoms with van der Waals surface area (Å²) in [5.74, 6) is -2.05. The molecule has 2 aliphatic carbocycles. The molecule has 136 valence electrons. The van der Waals surface area contributed by atoms with Crippen LogP contribution in [0, 0.1) is 17.8 Å². The van der Waals surface area contributed by atoms with Gasteiger partial charge in [-0.1, -0.05) is 31.2 Å². The van der Waals surface area contributed by atoms with E-state index in [1.54, 1.807) is 26.8 Å². The van der Waals surface area contributed by atoms with Gasteiger partial charge in [0.15, 0.2) is 0 Å². The molecule has 0 amide bonds. The maximum Gasteiger partial charge on any atom is 0.333 e. The van der Waals surface area contributed by atoms with Crippen LogP contribution in [-0.2, 0) is 19.1 Å². The van der Waals surface area contributed by atoms with Gasteiger partial charge in [0.2, 0.25) is 0 Å². The zero-order chi connectivity index (χ0) is 18.5. The van der Waals surface area contributed by atoms with E-state index in [1.807, 2.05) is 13.0 Å². The zero-order valence-corrected chi connectivity index (χ0v) is 15.2. The molecule has 3 rings (SSSR count). The van der Waals surface area contributed by atoms with Crippen molar-refractivity contribution in [3.63, 3.8) is 0 Å². The molecule has 1 heterocycles. The number of rotatable bonds is 2. The standard InChI is InChI=1S/C20H26O5/c1-6-10(2)18(21)25-17-14-13(5)19(22)24-16(14)15-11(3)8-7-9-12(4)20(15,17)23/h6,9,13-17,23H,3,7-8H2,1-2,4-5H3. The monoisotopic (exact) mass is 346 g/mol. The predicted molar refractivity (Wildman–Crippen MR) is 92.4 cm³/mol. The lowest BCUT2D eigenvalue weighted by Crippen LogP contribution is -2.50. The molecule has 0 bridgehead atoms. The van der Waals surface area contributed by atoms with Crippen LogP contribution >= 0.6 is 0 Å². The molecule has 2 fully saturated rings. The molecule has 6 unspecified atom stereocenters. The third-order valence-electron chi connectivity index (χ3n) is 6.14. The third kappa shape index (κ3) is 2.48. The Morgan fingerprint density at radius 3 is 2.84 bits per heavy atom. The first-order valence-electron chi connectivity index (χ1n) is 8.85. The molecule has 1 saturated heterocycles. The summed E-state index contributed by atoms with van der Waals surface area (Å²) in [6, 6.07) is 0. The highest BCUT2D eigenvalue weighted by Crippen LogP contribution is 2.56. The van der Waals surface area contributed by atoms with Crippen LogP contribution in [0.1, 0.15) is 40.5 Å². The number of fused-ring (bicyclic) bond motifs is 3. The summed E-state index contributed by atoms with van der Waals surface area (Å²) in [6.45, 7) is 11.2. The van der Waals surface area contributed by atoms with Gasteiger partial charge in [-0.05, 0) is 39.2 Å². The van der Waals surface area contributed by atoms with E-state index in [0.29, 0.717) is 12.0 Å². The number of hydrogen-bond acceptors (Lipinski definition) is 5. The zero-order valence-electron chi connectivity index (χ0n) is 15.2. The van der Waals surface area contributed by atoms with Crippen molar-refractivity contribution in [1.29, 1.82) is 0 Å². The fourth-order valence-corrected chi connectivity index (χ4v) is 4.51. The Kier molecular flexibility index (Phi) is 4.40. The van der Waals surface area contributed by atoms with Crippen LogP contribution in [0.4, 0.5) is 0 Å². The predicted octanol–water partition coefficient (Wildman–Crippen LogP) is 2.70. The summed E-state index contributed by atoms with van der Waals surface area (Å²) in [6.07, 6.45) is 3.78. The Bertz CT molecular complexity index is 688. The van der Waals surface area contributed by atoms with Crippen LogP contribution in [-0.4, -0.2) is 34.9 Å². The number of carbonyl (C=O) groups excluding carboxylic acids is 2. The SMILES string of the molecule is C=C1CCC=C(C)C2(O)C(OC(=O)C(C)=CC)C3C(C)C(=O)OC3C12. The van der Waals surface area contributed by atoms with Crippen molar-refractivity contribution in [3.8, 4) is 0 Å². The number of aliphatic hydroxyl groups is 1. The molecule has 0 aromatic carbocycles. The molecular weight excluding hydrogens is 320 g/mol. The molecule has 0 radical (unpaired) electrons. The molecule has 1 N–H and O–H groups in total. The summed E-state index contributed by atoms with van der Waals surface area (Å²) >= 11 is 0. The van der Waals surface area contributed by atoms with E-state index in [2.05, 4.69) is 6.58 Å². The van der Waals surface area contributed by atoms with Crippen LogP contribution in [0.15, 0.2) is 35.5 Å². The summed E-state index contributed by atoms with van der Waals surface area (Å²) in [4.78, 5) is 24.6. The number of hydrogen-bond donors (Lipinski definition) is 1. The van der Waals surface area contributed by atoms with Crippen molar-refractivity contribution < 1.29 is 24.2 Å². The van der Waals surface area contributed by atoms with E-state index in [4.69, 9.17) is 9.47 Å². The van der Waals surface area contributed by atoms with E-state index < -0.39 is 35.6 Å². The van der Waals surface area contributed by atoms with Crippen molar-refractivity contribution in [3.05, 3.63) is 35.5 Å². The lowest BCUT2D eigenvalue weighted by molar-refractivity contribution is -0.162. The van der Waals surface area contributed by atoms with E-state index >= 15 is 0 Å². The van der Waals surface area contributed by atoms with Gasteiger partial charge in [-0.25, -0.2) is 4.79 Å². The normalized spacial score (nSPS) is 40.8. The minimum Gasteiger partial charge on any atom is -0.461 e. The smallest absolute Gasteiger partial charge is 0.333 e. The van der Waals surface area contributed by atoms with Gasteiger partial charge in [0.05, 0.1) is 17.8 Å². The lowest BCUT2D eigenvalue weighted by Gasteiger charge is -2.37.